The van der Waals surface area contributed by atoms with Gasteiger partial charge in [-0.3, -0.25) is 14.5 Å². The summed E-state index contributed by atoms with van der Waals surface area (Å²) in [5, 5.41) is 13.5. The van der Waals surface area contributed by atoms with Crippen molar-refractivity contribution in [1.82, 2.24) is 9.47 Å². The second-order valence-corrected chi connectivity index (χ2v) is 15.2. The Bertz CT molecular complexity index is 2630. The van der Waals surface area contributed by atoms with E-state index in [9.17, 15) is 19.5 Å². The number of fused-ring (bicyclic) bond motifs is 2. The van der Waals surface area contributed by atoms with Crippen LogP contribution in [0.15, 0.2) is 164 Å². The molecule has 1 N–H and O–H groups in total. The number of imide groups is 1. The number of aliphatic hydroxyl groups excluding tert-OH is 1. The van der Waals surface area contributed by atoms with Crippen molar-refractivity contribution in [2.45, 2.75) is 36.6 Å². The fourth-order valence-electron chi connectivity index (χ4n) is 8.64. The minimum absolute atomic E-state index is 0.0910. The molecule has 7 aromatic rings. The van der Waals surface area contributed by atoms with E-state index in [1.807, 2.05) is 120 Å². The number of hydrogen-bond donors (Lipinski definition) is 1. The molecular weight excluding hydrogens is 785 g/mol. The Labute approximate surface area is 358 Å². The third-order valence-electron chi connectivity index (χ3n) is 11.8. The van der Waals surface area contributed by atoms with Crippen LogP contribution >= 0.6 is 0 Å². The highest BCUT2D eigenvalue weighted by Crippen LogP contribution is 2.45. The molecule has 0 unspecified atom stereocenters. The van der Waals surface area contributed by atoms with E-state index in [0.717, 1.165) is 33.2 Å². The van der Waals surface area contributed by atoms with Gasteiger partial charge in [-0.05, 0) is 83.3 Å². The Kier molecular flexibility index (Phi) is 11.2. The lowest BCUT2D eigenvalue weighted by Crippen LogP contribution is -2.56. The third kappa shape index (κ3) is 7.30. The molecule has 0 spiro atoms. The zero-order valence-electron chi connectivity index (χ0n) is 34.1. The molecule has 0 aliphatic carbocycles. The standard InChI is InChI=1S/C51H44N2O9/c1-58-38-25-21-36(22-26-38)51(35-15-7-4-8-16-35,37-23-27-39(59-2)28-24-37)62-44-32-60-49(45(54)46(44)61-50(57)33-13-5-3-6-14-33)53-31-34(40-17-11-12-20-43(40)53)29-30-52-47(55)41-18-9-10-19-42(41)48(52)56/h3-28,31,44-46,49,54H,29-30,32H2,1-2H3/t44-,45-,46-,49-/m1/s1. The van der Waals surface area contributed by atoms with Crippen LogP contribution in [0.1, 0.15) is 59.6 Å². The number of para-hydroxylation sites is 1. The molecule has 11 heteroatoms. The molecule has 312 valence electrons. The first-order chi connectivity index (χ1) is 30.3. The van der Waals surface area contributed by atoms with E-state index in [1.54, 1.807) is 62.8 Å². The number of nitrogens with zero attached hydrogens (tertiary/aromatic N) is 2. The lowest BCUT2D eigenvalue weighted by Gasteiger charge is -2.45. The van der Waals surface area contributed by atoms with Crippen LogP contribution < -0.4 is 9.47 Å². The van der Waals surface area contributed by atoms with E-state index in [4.69, 9.17) is 23.7 Å². The normalized spacial score (nSPS) is 18.7. The number of carbonyl (C=O) groups excluding carboxylic acids is 3. The second-order valence-electron chi connectivity index (χ2n) is 15.2. The maximum absolute atomic E-state index is 14.0. The molecule has 1 saturated heterocycles. The molecule has 4 atom stereocenters. The first kappa shape index (κ1) is 40.4. The van der Waals surface area contributed by atoms with Gasteiger partial charge in [-0.1, -0.05) is 103 Å². The highest BCUT2D eigenvalue weighted by molar-refractivity contribution is 6.21. The van der Waals surface area contributed by atoms with Gasteiger partial charge in [0.05, 0.1) is 43.0 Å². The van der Waals surface area contributed by atoms with Gasteiger partial charge in [0.1, 0.15) is 29.3 Å². The number of aromatic nitrogens is 1. The predicted octanol–water partition coefficient (Wildman–Crippen LogP) is 7.99. The molecular formula is C51H44N2O9. The molecule has 0 saturated carbocycles. The Morgan fingerprint density at radius 1 is 0.694 bits per heavy atom. The molecule has 3 heterocycles. The van der Waals surface area contributed by atoms with Gasteiger partial charge in [-0.15, -0.1) is 0 Å². The summed E-state index contributed by atoms with van der Waals surface area (Å²) in [5.74, 6) is 0.0145. The number of amides is 2. The van der Waals surface area contributed by atoms with Gasteiger partial charge in [-0.25, -0.2) is 4.79 Å². The molecule has 2 aliphatic heterocycles. The van der Waals surface area contributed by atoms with Gasteiger partial charge < -0.3 is 33.4 Å². The topological polar surface area (TPSA) is 126 Å². The molecule has 1 fully saturated rings. The number of methoxy groups -OCH3 is 2. The van der Waals surface area contributed by atoms with Gasteiger partial charge in [-0.2, -0.15) is 0 Å². The van der Waals surface area contributed by atoms with Crippen molar-refractivity contribution < 1.29 is 43.2 Å². The van der Waals surface area contributed by atoms with Crippen LogP contribution in [0.4, 0.5) is 0 Å². The number of rotatable bonds is 13. The van der Waals surface area contributed by atoms with Crippen LogP contribution in [0.2, 0.25) is 0 Å². The number of aliphatic hydroxyl groups is 1. The van der Waals surface area contributed by atoms with Crippen molar-refractivity contribution in [3.8, 4) is 11.5 Å². The molecule has 11 nitrogen and oxygen atoms in total. The lowest BCUT2D eigenvalue weighted by molar-refractivity contribution is -0.239. The third-order valence-corrected chi connectivity index (χ3v) is 11.8. The molecule has 6 aromatic carbocycles. The average Bonchev–Trinajstić information content (AvgIpc) is 3.81. The molecule has 0 radical (unpaired) electrons. The van der Waals surface area contributed by atoms with E-state index in [-0.39, 0.29) is 25.0 Å². The number of esters is 1. The zero-order valence-corrected chi connectivity index (χ0v) is 34.1. The van der Waals surface area contributed by atoms with E-state index in [0.29, 0.717) is 34.6 Å². The molecule has 9 rings (SSSR count). The Morgan fingerprint density at radius 2 is 1.23 bits per heavy atom. The zero-order chi connectivity index (χ0) is 42.8. The van der Waals surface area contributed by atoms with Crippen LogP contribution in [0.5, 0.6) is 11.5 Å². The van der Waals surface area contributed by atoms with Gasteiger partial charge in [0.25, 0.3) is 11.8 Å². The number of carbonyl (C=O) groups is 3. The van der Waals surface area contributed by atoms with Crippen molar-refractivity contribution in [1.29, 1.82) is 0 Å². The fourth-order valence-corrected chi connectivity index (χ4v) is 8.64. The van der Waals surface area contributed by atoms with Gasteiger partial charge in [0.15, 0.2) is 12.3 Å². The quantitative estimate of drug-likeness (QED) is 0.0700. The molecule has 2 aliphatic rings. The van der Waals surface area contributed by atoms with Crippen molar-refractivity contribution in [2.24, 2.45) is 0 Å². The molecule has 2 amide bonds. The second kappa shape index (κ2) is 17.1. The maximum atomic E-state index is 14.0. The summed E-state index contributed by atoms with van der Waals surface area (Å²) in [6.45, 7) is 0.0617. The number of hydrogen-bond acceptors (Lipinski definition) is 9. The van der Waals surface area contributed by atoms with Gasteiger partial charge in [0, 0.05) is 18.1 Å². The summed E-state index contributed by atoms with van der Waals surface area (Å²) in [4.78, 5) is 41.8. The van der Waals surface area contributed by atoms with E-state index < -0.39 is 36.1 Å². The van der Waals surface area contributed by atoms with Crippen molar-refractivity contribution in [3.05, 3.63) is 203 Å². The average molecular weight is 829 g/mol. The smallest absolute Gasteiger partial charge is 0.338 e. The monoisotopic (exact) mass is 828 g/mol. The lowest BCUT2D eigenvalue weighted by atomic mass is 9.79. The Hall–Kier alpha value is -7.05. The Morgan fingerprint density at radius 3 is 1.82 bits per heavy atom. The summed E-state index contributed by atoms with van der Waals surface area (Å²) in [7, 11) is 3.21. The maximum Gasteiger partial charge on any atom is 0.338 e. The van der Waals surface area contributed by atoms with Crippen LogP contribution in [-0.2, 0) is 26.2 Å². The summed E-state index contributed by atoms with van der Waals surface area (Å²) in [6.07, 6.45) is -2.52. The molecule has 0 bridgehead atoms. The highest BCUT2D eigenvalue weighted by atomic mass is 16.6. The first-order valence-electron chi connectivity index (χ1n) is 20.4. The van der Waals surface area contributed by atoms with E-state index >= 15 is 0 Å². The summed E-state index contributed by atoms with van der Waals surface area (Å²) in [6, 6.07) is 48.0. The number of ether oxygens (including phenoxy) is 5. The van der Waals surface area contributed by atoms with Crippen LogP contribution in [0.3, 0.4) is 0 Å². The van der Waals surface area contributed by atoms with Gasteiger partial charge >= 0.3 is 5.97 Å². The first-order valence-corrected chi connectivity index (χ1v) is 20.4. The van der Waals surface area contributed by atoms with Gasteiger partial charge in [0.2, 0.25) is 0 Å². The largest absolute Gasteiger partial charge is 0.497 e. The minimum Gasteiger partial charge on any atom is -0.497 e. The minimum atomic E-state index is -1.44. The summed E-state index contributed by atoms with van der Waals surface area (Å²) >= 11 is 0. The van der Waals surface area contributed by atoms with Crippen molar-refractivity contribution in [3.63, 3.8) is 0 Å². The Balaban J connectivity index is 1.10. The molecule has 62 heavy (non-hydrogen) atoms. The van der Waals surface area contributed by atoms with Crippen LogP contribution in [-0.4, -0.2) is 78.0 Å². The van der Waals surface area contributed by atoms with E-state index in [1.165, 1.54) is 4.90 Å². The van der Waals surface area contributed by atoms with E-state index in [2.05, 4.69) is 0 Å². The summed E-state index contributed by atoms with van der Waals surface area (Å²) < 4.78 is 33.3. The van der Waals surface area contributed by atoms with Crippen LogP contribution in [0, 0.1) is 0 Å². The SMILES string of the molecule is COc1ccc(C(O[C@@H]2CO[C@@H](n3cc(CCN4C(=O)c5ccccc5C4=O)c4ccccc43)[C@H](O)[C@@H]2OC(=O)c2ccccc2)(c2ccccc2)c2ccc(OC)cc2)cc1. The highest BCUT2D eigenvalue weighted by Gasteiger charge is 2.49. The summed E-state index contributed by atoms with van der Waals surface area (Å²) in [5.41, 5.74) is 3.63. The molecule has 1 aromatic heterocycles. The van der Waals surface area contributed by atoms with Crippen LogP contribution in [0.25, 0.3) is 10.9 Å². The van der Waals surface area contributed by atoms with Crippen molar-refractivity contribution in [2.75, 3.05) is 27.4 Å². The number of benzene rings is 6. The van der Waals surface area contributed by atoms with Crippen molar-refractivity contribution >= 4 is 28.7 Å². The fraction of sp³-hybridized carbons (Fsp3) is 0.196. The predicted molar refractivity (Wildman–Crippen MR) is 231 cm³/mol.